The van der Waals surface area contributed by atoms with Crippen molar-refractivity contribution in [3.63, 3.8) is 0 Å². The Balaban J connectivity index is 1.36. The van der Waals surface area contributed by atoms with Crippen molar-refractivity contribution in [2.24, 2.45) is 5.92 Å². The molecule has 1 aromatic carbocycles. The summed E-state index contributed by atoms with van der Waals surface area (Å²) in [4.78, 5) is 20.9. The zero-order valence-electron chi connectivity index (χ0n) is 15.3. The molecule has 4 rings (SSSR count). The maximum Gasteiger partial charge on any atom is 0.227 e. The minimum atomic E-state index is 0.00322. The van der Waals surface area contributed by atoms with Gasteiger partial charge >= 0.3 is 0 Å². The van der Waals surface area contributed by atoms with Crippen LogP contribution in [0.25, 0.3) is 11.4 Å². The van der Waals surface area contributed by atoms with Crippen molar-refractivity contribution in [2.45, 2.75) is 38.1 Å². The second-order valence-corrected chi connectivity index (χ2v) is 7.95. The molecule has 0 bridgehead atoms. The Hall–Kier alpha value is -2.54. The normalized spacial score (nSPS) is 15.0. The molecule has 1 atom stereocenters. The van der Waals surface area contributed by atoms with Crippen molar-refractivity contribution in [3.8, 4) is 11.4 Å². The Morgan fingerprint density at radius 2 is 1.93 bits per heavy atom. The second-order valence-electron chi connectivity index (χ2n) is 7.04. The molecule has 0 aliphatic heterocycles. The summed E-state index contributed by atoms with van der Waals surface area (Å²) in [5, 5.41) is 7.19. The summed E-state index contributed by atoms with van der Waals surface area (Å²) in [7, 11) is 0. The molecule has 2 aromatic heterocycles. The molecule has 28 heavy (non-hydrogen) atoms. The molecule has 7 heteroatoms. The number of carbonyl (C=O) groups is 1. The number of aryl methyl sites for hydroxylation is 1. The molecule has 1 aliphatic rings. The number of amides is 1. The number of halogens is 1. The minimum Gasteiger partial charge on any atom is -0.349 e. The van der Waals surface area contributed by atoms with Gasteiger partial charge in [0.25, 0.3) is 0 Å². The monoisotopic (exact) mass is 440 g/mol. The first-order valence-electron chi connectivity index (χ1n) is 9.47. The van der Waals surface area contributed by atoms with Crippen LogP contribution < -0.4 is 5.32 Å². The predicted molar refractivity (Wildman–Crippen MR) is 108 cm³/mol. The maximum absolute atomic E-state index is 12.6. The van der Waals surface area contributed by atoms with Crippen molar-refractivity contribution in [2.75, 3.05) is 0 Å². The Kier molecular flexibility index (Phi) is 5.81. The van der Waals surface area contributed by atoms with Gasteiger partial charge in [0.1, 0.15) is 0 Å². The minimum absolute atomic E-state index is 0.00322. The first-order chi connectivity index (χ1) is 13.7. The van der Waals surface area contributed by atoms with Gasteiger partial charge in [0, 0.05) is 35.3 Å². The molecule has 2 heterocycles. The molecule has 1 amide bonds. The second kappa shape index (κ2) is 8.65. The van der Waals surface area contributed by atoms with E-state index < -0.39 is 0 Å². The van der Waals surface area contributed by atoms with Gasteiger partial charge in [0.15, 0.2) is 0 Å². The Bertz CT molecular complexity index is 923. The molecule has 6 nitrogen and oxygen atoms in total. The number of hydrogen-bond donors (Lipinski definition) is 1. The zero-order valence-corrected chi connectivity index (χ0v) is 16.9. The third kappa shape index (κ3) is 4.47. The van der Waals surface area contributed by atoms with Gasteiger partial charge in [-0.3, -0.25) is 9.78 Å². The summed E-state index contributed by atoms with van der Waals surface area (Å²) in [6, 6.07) is 11.9. The van der Waals surface area contributed by atoms with Gasteiger partial charge in [-0.1, -0.05) is 39.6 Å². The highest BCUT2D eigenvalue weighted by molar-refractivity contribution is 9.10. The van der Waals surface area contributed by atoms with Crippen LogP contribution in [0.2, 0.25) is 0 Å². The Morgan fingerprint density at radius 1 is 1.18 bits per heavy atom. The standard InChI is InChI=1S/C21H21BrN4O2/c22-17-6-4-15(5-7-17)20(14-2-1-3-14)24-18(27)8-9-19-25-21(26-28-19)16-10-12-23-13-11-16/h4-7,10-14,20H,1-3,8-9H2,(H,24,27). The van der Waals surface area contributed by atoms with E-state index in [-0.39, 0.29) is 11.9 Å². The van der Waals surface area contributed by atoms with E-state index in [0.29, 0.717) is 30.5 Å². The van der Waals surface area contributed by atoms with E-state index in [9.17, 15) is 4.79 Å². The molecule has 1 saturated carbocycles. The maximum atomic E-state index is 12.6. The van der Waals surface area contributed by atoms with E-state index in [4.69, 9.17) is 4.52 Å². The van der Waals surface area contributed by atoms with Crippen molar-refractivity contribution in [1.82, 2.24) is 20.4 Å². The summed E-state index contributed by atoms with van der Waals surface area (Å²) in [6.45, 7) is 0. The predicted octanol–water partition coefficient (Wildman–Crippen LogP) is 4.48. The van der Waals surface area contributed by atoms with Crippen LogP contribution >= 0.6 is 15.9 Å². The topological polar surface area (TPSA) is 80.9 Å². The number of rotatable bonds is 7. The molecule has 144 valence electrons. The molecule has 0 spiro atoms. The van der Waals surface area contributed by atoms with Gasteiger partial charge in [0.05, 0.1) is 6.04 Å². The van der Waals surface area contributed by atoms with Crippen LogP contribution in [0.15, 0.2) is 57.8 Å². The average Bonchev–Trinajstić information content (AvgIpc) is 3.15. The number of nitrogens with zero attached hydrogens (tertiary/aromatic N) is 3. The Labute approximate surface area is 171 Å². The van der Waals surface area contributed by atoms with Gasteiger partial charge in [-0.05, 0) is 48.6 Å². The quantitative estimate of drug-likeness (QED) is 0.585. The number of pyridine rings is 1. The van der Waals surface area contributed by atoms with Crippen molar-refractivity contribution < 1.29 is 9.32 Å². The van der Waals surface area contributed by atoms with Crippen LogP contribution in [-0.4, -0.2) is 21.0 Å². The SMILES string of the molecule is O=C(CCc1nc(-c2ccncc2)no1)NC(c1ccc(Br)cc1)C1CCC1. The van der Waals surface area contributed by atoms with Gasteiger partial charge in [-0.15, -0.1) is 0 Å². The highest BCUT2D eigenvalue weighted by Crippen LogP contribution is 2.38. The smallest absolute Gasteiger partial charge is 0.227 e. The lowest BCUT2D eigenvalue weighted by Crippen LogP contribution is -2.36. The van der Waals surface area contributed by atoms with Crippen LogP contribution in [-0.2, 0) is 11.2 Å². The van der Waals surface area contributed by atoms with E-state index in [2.05, 4.69) is 48.5 Å². The van der Waals surface area contributed by atoms with Crippen molar-refractivity contribution in [3.05, 3.63) is 64.7 Å². The molecule has 3 aromatic rings. The molecular formula is C21H21BrN4O2. The van der Waals surface area contributed by atoms with E-state index in [1.807, 2.05) is 24.3 Å². The molecule has 1 unspecified atom stereocenters. The summed E-state index contributed by atoms with van der Waals surface area (Å²) < 4.78 is 6.32. The van der Waals surface area contributed by atoms with Crippen LogP contribution in [0.1, 0.15) is 43.2 Å². The summed E-state index contributed by atoms with van der Waals surface area (Å²) in [5.74, 6) is 1.49. The van der Waals surface area contributed by atoms with Crippen molar-refractivity contribution >= 4 is 21.8 Å². The zero-order chi connectivity index (χ0) is 19.3. The van der Waals surface area contributed by atoms with Crippen LogP contribution in [0.4, 0.5) is 0 Å². The van der Waals surface area contributed by atoms with Crippen LogP contribution in [0.5, 0.6) is 0 Å². The highest BCUT2D eigenvalue weighted by Gasteiger charge is 2.29. The van der Waals surface area contributed by atoms with E-state index >= 15 is 0 Å². The summed E-state index contributed by atoms with van der Waals surface area (Å²) >= 11 is 3.47. The molecule has 1 N–H and O–H groups in total. The molecule has 1 aliphatic carbocycles. The number of carbonyl (C=O) groups excluding carboxylic acids is 1. The molecule has 0 saturated heterocycles. The van der Waals surface area contributed by atoms with Crippen molar-refractivity contribution in [1.29, 1.82) is 0 Å². The summed E-state index contributed by atoms with van der Waals surface area (Å²) in [6.07, 6.45) is 7.63. The lowest BCUT2D eigenvalue weighted by Gasteiger charge is -2.34. The first kappa shape index (κ1) is 18.8. The largest absolute Gasteiger partial charge is 0.349 e. The van der Waals surface area contributed by atoms with Crippen LogP contribution in [0.3, 0.4) is 0 Å². The third-order valence-electron chi connectivity index (χ3n) is 5.14. The van der Waals surface area contributed by atoms with Gasteiger partial charge in [0.2, 0.25) is 17.6 Å². The highest BCUT2D eigenvalue weighted by atomic mass is 79.9. The van der Waals surface area contributed by atoms with Crippen LogP contribution in [0, 0.1) is 5.92 Å². The lowest BCUT2D eigenvalue weighted by atomic mass is 9.77. The number of nitrogens with one attached hydrogen (secondary N) is 1. The lowest BCUT2D eigenvalue weighted by molar-refractivity contribution is -0.122. The van der Waals surface area contributed by atoms with Gasteiger partial charge in [-0.2, -0.15) is 4.98 Å². The fourth-order valence-corrected chi connectivity index (χ4v) is 3.62. The molecule has 0 radical (unpaired) electrons. The fourth-order valence-electron chi connectivity index (χ4n) is 3.36. The van der Waals surface area contributed by atoms with E-state index in [1.165, 1.54) is 6.42 Å². The number of hydrogen-bond acceptors (Lipinski definition) is 5. The number of benzene rings is 1. The van der Waals surface area contributed by atoms with Gasteiger partial charge in [-0.25, -0.2) is 0 Å². The van der Waals surface area contributed by atoms with Gasteiger partial charge < -0.3 is 9.84 Å². The average molecular weight is 441 g/mol. The molecule has 1 fully saturated rings. The van der Waals surface area contributed by atoms with E-state index in [0.717, 1.165) is 28.4 Å². The summed E-state index contributed by atoms with van der Waals surface area (Å²) in [5.41, 5.74) is 1.99. The Morgan fingerprint density at radius 3 is 2.61 bits per heavy atom. The first-order valence-corrected chi connectivity index (χ1v) is 10.3. The number of aromatic nitrogens is 3. The van der Waals surface area contributed by atoms with E-state index in [1.54, 1.807) is 12.4 Å². The fraction of sp³-hybridized carbons (Fsp3) is 0.333. The molecular weight excluding hydrogens is 420 g/mol. The third-order valence-corrected chi connectivity index (χ3v) is 5.67.